The van der Waals surface area contributed by atoms with Crippen LogP contribution in [0.25, 0.3) is 11.3 Å². The van der Waals surface area contributed by atoms with Crippen LogP contribution >= 0.6 is 15.9 Å². The maximum Gasteiger partial charge on any atom is 0.171 e. The molecule has 0 atom stereocenters. The molecule has 0 radical (unpaired) electrons. The van der Waals surface area contributed by atoms with Crippen LogP contribution < -0.4 is 15.2 Å². The first-order valence-electron chi connectivity index (χ1n) is 5.30. The minimum Gasteiger partial charge on any atom is -0.493 e. The molecule has 0 saturated carbocycles. The summed E-state index contributed by atoms with van der Waals surface area (Å²) in [5, 5.41) is 6.81. The third-order valence-corrected chi connectivity index (χ3v) is 3.68. The number of aryl methyl sites for hydroxylation is 1. The summed E-state index contributed by atoms with van der Waals surface area (Å²) in [6.45, 7) is 1.98. The fraction of sp³-hybridized carbons (Fsp3) is 0.250. The molecule has 0 bridgehead atoms. The van der Waals surface area contributed by atoms with Gasteiger partial charge in [0.2, 0.25) is 0 Å². The molecule has 0 aliphatic carbocycles. The lowest BCUT2D eigenvalue weighted by atomic mass is 10.1. The Hall–Kier alpha value is -1.69. The summed E-state index contributed by atoms with van der Waals surface area (Å²) in [7, 11) is 3.21. The number of aromatic nitrogens is 2. The van der Waals surface area contributed by atoms with Crippen molar-refractivity contribution in [1.82, 2.24) is 10.2 Å². The molecule has 0 fully saturated rings. The van der Waals surface area contributed by atoms with E-state index in [1.165, 1.54) is 0 Å². The Kier molecular flexibility index (Phi) is 3.47. The quantitative estimate of drug-likeness (QED) is 0.914. The first-order valence-corrected chi connectivity index (χ1v) is 6.10. The number of aromatic amines is 1. The molecule has 2 aromatic rings. The van der Waals surface area contributed by atoms with E-state index in [0.717, 1.165) is 21.3 Å². The maximum absolute atomic E-state index is 5.64. The molecule has 0 unspecified atom stereocenters. The molecular weight excluding hydrogens is 298 g/mol. The molecule has 1 heterocycles. The number of nitrogen functional groups attached to an aromatic ring is 1. The molecule has 1 aromatic carbocycles. The normalized spacial score (nSPS) is 10.4. The van der Waals surface area contributed by atoms with Crippen molar-refractivity contribution in [3.8, 4) is 22.8 Å². The molecule has 3 N–H and O–H groups in total. The van der Waals surface area contributed by atoms with Crippen LogP contribution in [0.4, 0.5) is 5.82 Å². The van der Waals surface area contributed by atoms with Gasteiger partial charge in [0.25, 0.3) is 0 Å². The zero-order valence-corrected chi connectivity index (χ0v) is 12.0. The number of benzene rings is 1. The first kappa shape index (κ1) is 12.8. The number of methoxy groups -OCH3 is 2. The molecule has 6 heteroatoms. The van der Waals surface area contributed by atoms with Crippen molar-refractivity contribution in [3.63, 3.8) is 0 Å². The lowest BCUT2D eigenvalue weighted by Crippen LogP contribution is -1.96. The van der Waals surface area contributed by atoms with E-state index in [-0.39, 0.29) is 0 Å². The third kappa shape index (κ3) is 2.03. The van der Waals surface area contributed by atoms with Crippen molar-refractivity contribution in [1.29, 1.82) is 0 Å². The molecule has 2 rings (SSSR count). The monoisotopic (exact) mass is 311 g/mol. The van der Waals surface area contributed by atoms with Crippen LogP contribution in [-0.4, -0.2) is 24.4 Å². The number of hydrogen-bond acceptors (Lipinski definition) is 4. The lowest BCUT2D eigenvalue weighted by Gasteiger charge is -2.15. The Morgan fingerprint density at radius 2 is 2.00 bits per heavy atom. The van der Waals surface area contributed by atoms with Gasteiger partial charge >= 0.3 is 0 Å². The van der Waals surface area contributed by atoms with Crippen molar-refractivity contribution < 1.29 is 9.47 Å². The molecule has 0 amide bonds. The van der Waals surface area contributed by atoms with Gasteiger partial charge in [0.1, 0.15) is 5.82 Å². The third-order valence-electron chi connectivity index (χ3n) is 2.66. The van der Waals surface area contributed by atoms with Gasteiger partial charge in [-0.2, -0.15) is 5.10 Å². The Balaban J connectivity index is 2.74. The number of halogens is 1. The Labute approximate surface area is 113 Å². The Bertz CT molecular complexity index is 581. The SMILES string of the molecule is COc1cc(C)c(Br)c(-c2cc(N)n[nH]2)c1OC. The summed E-state index contributed by atoms with van der Waals surface area (Å²) in [4.78, 5) is 0. The molecule has 0 aliphatic rings. The highest BCUT2D eigenvalue weighted by molar-refractivity contribution is 9.10. The topological polar surface area (TPSA) is 73.2 Å². The van der Waals surface area contributed by atoms with Crippen molar-refractivity contribution in [2.24, 2.45) is 0 Å². The number of rotatable bonds is 3. The fourth-order valence-electron chi connectivity index (χ4n) is 1.81. The average molecular weight is 312 g/mol. The first-order chi connectivity index (χ1) is 8.58. The van der Waals surface area contributed by atoms with Gasteiger partial charge in [-0.25, -0.2) is 0 Å². The van der Waals surface area contributed by atoms with Crippen molar-refractivity contribution in [2.75, 3.05) is 20.0 Å². The van der Waals surface area contributed by atoms with Gasteiger partial charge in [-0.15, -0.1) is 0 Å². The number of nitrogens with one attached hydrogen (secondary N) is 1. The zero-order valence-electron chi connectivity index (χ0n) is 10.4. The minimum atomic E-state index is 0.430. The summed E-state index contributed by atoms with van der Waals surface area (Å²) < 4.78 is 11.7. The Morgan fingerprint density at radius 1 is 1.28 bits per heavy atom. The molecule has 96 valence electrons. The summed E-state index contributed by atoms with van der Waals surface area (Å²) in [6.07, 6.45) is 0. The highest BCUT2D eigenvalue weighted by atomic mass is 79.9. The van der Waals surface area contributed by atoms with Crippen molar-refractivity contribution in [2.45, 2.75) is 6.92 Å². The predicted molar refractivity (Wildman–Crippen MR) is 74.0 cm³/mol. The van der Waals surface area contributed by atoms with Crippen LogP contribution in [-0.2, 0) is 0 Å². The van der Waals surface area contributed by atoms with Crippen LogP contribution in [0.3, 0.4) is 0 Å². The van der Waals surface area contributed by atoms with Gasteiger partial charge in [-0.05, 0) is 34.5 Å². The van der Waals surface area contributed by atoms with Crippen molar-refractivity contribution in [3.05, 3.63) is 22.2 Å². The van der Waals surface area contributed by atoms with E-state index in [1.807, 2.05) is 13.0 Å². The van der Waals surface area contributed by atoms with E-state index in [1.54, 1.807) is 20.3 Å². The predicted octanol–water partition coefficient (Wildman–Crippen LogP) is 2.75. The average Bonchev–Trinajstić information content (AvgIpc) is 2.78. The van der Waals surface area contributed by atoms with E-state index in [4.69, 9.17) is 15.2 Å². The van der Waals surface area contributed by atoms with Gasteiger partial charge in [-0.1, -0.05) is 0 Å². The van der Waals surface area contributed by atoms with Gasteiger partial charge in [0.15, 0.2) is 11.5 Å². The summed E-state index contributed by atoms with van der Waals surface area (Å²) in [5.41, 5.74) is 8.30. The second-order valence-corrected chi connectivity index (χ2v) is 4.62. The maximum atomic E-state index is 5.64. The van der Waals surface area contributed by atoms with Crippen LogP contribution in [0.1, 0.15) is 5.56 Å². The summed E-state index contributed by atoms with van der Waals surface area (Å²) >= 11 is 3.56. The van der Waals surface area contributed by atoms with Crippen LogP contribution in [0.2, 0.25) is 0 Å². The van der Waals surface area contributed by atoms with Gasteiger partial charge in [-0.3, -0.25) is 5.10 Å². The highest BCUT2D eigenvalue weighted by Crippen LogP contribution is 2.44. The lowest BCUT2D eigenvalue weighted by molar-refractivity contribution is 0.355. The van der Waals surface area contributed by atoms with Crippen LogP contribution in [0.5, 0.6) is 11.5 Å². The van der Waals surface area contributed by atoms with Gasteiger partial charge in [0.05, 0.1) is 25.5 Å². The summed E-state index contributed by atoms with van der Waals surface area (Å²) in [5.74, 6) is 1.74. The second kappa shape index (κ2) is 4.89. The number of ether oxygens (including phenoxy) is 2. The van der Waals surface area contributed by atoms with E-state index in [2.05, 4.69) is 26.1 Å². The largest absolute Gasteiger partial charge is 0.493 e. The molecule has 18 heavy (non-hydrogen) atoms. The Morgan fingerprint density at radius 3 is 2.50 bits per heavy atom. The van der Waals surface area contributed by atoms with Gasteiger partial charge < -0.3 is 15.2 Å². The number of H-pyrrole nitrogens is 1. The molecule has 0 aliphatic heterocycles. The summed E-state index contributed by atoms with van der Waals surface area (Å²) in [6, 6.07) is 3.66. The number of hydrogen-bond donors (Lipinski definition) is 2. The number of anilines is 1. The number of nitrogens with two attached hydrogens (primary N) is 1. The minimum absolute atomic E-state index is 0.430. The standard InChI is InChI=1S/C12H14BrN3O2/c1-6-4-8(17-2)12(18-3)10(11(6)13)7-5-9(14)16-15-7/h4-5H,1-3H3,(H3,14,15,16). The van der Waals surface area contributed by atoms with E-state index in [0.29, 0.717) is 17.3 Å². The smallest absolute Gasteiger partial charge is 0.171 e. The molecule has 1 aromatic heterocycles. The van der Waals surface area contributed by atoms with Crippen LogP contribution in [0, 0.1) is 6.92 Å². The number of nitrogens with zero attached hydrogens (tertiary/aromatic N) is 1. The zero-order chi connectivity index (χ0) is 13.3. The van der Waals surface area contributed by atoms with Crippen molar-refractivity contribution >= 4 is 21.7 Å². The molecule has 0 saturated heterocycles. The highest BCUT2D eigenvalue weighted by Gasteiger charge is 2.19. The van der Waals surface area contributed by atoms with E-state index >= 15 is 0 Å². The molecule has 5 nitrogen and oxygen atoms in total. The fourth-order valence-corrected chi connectivity index (χ4v) is 2.31. The second-order valence-electron chi connectivity index (χ2n) is 3.82. The molecular formula is C12H14BrN3O2. The molecule has 0 spiro atoms. The van der Waals surface area contributed by atoms with Gasteiger partial charge in [0, 0.05) is 10.5 Å². The van der Waals surface area contributed by atoms with E-state index < -0.39 is 0 Å². The van der Waals surface area contributed by atoms with Crippen LogP contribution in [0.15, 0.2) is 16.6 Å². The van der Waals surface area contributed by atoms with E-state index in [9.17, 15) is 0 Å².